The number of carbonyl (C=O) groups excluding carboxylic acids is 2. The van der Waals surface area contributed by atoms with Crippen LogP contribution in [0.25, 0.3) is 11.3 Å². The van der Waals surface area contributed by atoms with Gasteiger partial charge in [0, 0.05) is 23.1 Å². The number of primary amides is 1. The quantitative estimate of drug-likeness (QED) is 0.417. The average molecular weight is 505 g/mol. The zero-order valence-corrected chi connectivity index (χ0v) is 20.8. The van der Waals surface area contributed by atoms with Crippen LogP contribution in [-0.2, 0) is 15.8 Å². The van der Waals surface area contributed by atoms with E-state index in [1.807, 2.05) is 0 Å². The van der Waals surface area contributed by atoms with Crippen molar-refractivity contribution in [1.82, 2.24) is 4.98 Å². The summed E-state index contributed by atoms with van der Waals surface area (Å²) in [5.74, 6) is 0.0106. The number of carbonyl (C=O) groups is 2. The number of benzene rings is 2. The van der Waals surface area contributed by atoms with E-state index < -0.39 is 22.7 Å². The van der Waals surface area contributed by atoms with Crippen LogP contribution < -0.4 is 15.2 Å². The average Bonchev–Trinajstić information content (AvgIpc) is 3.63. The van der Waals surface area contributed by atoms with Gasteiger partial charge in [0.1, 0.15) is 40.6 Å². The predicted molar refractivity (Wildman–Crippen MR) is 135 cm³/mol. The Hall–Kier alpha value is -3.78. The maximum atomic E-state index is 13.6. The minimum absolute atomic E-state index is 0.0259. The second-order valence-electron chi connectivity index (χ2n) is 10.3. The van der Waals surface area contributed by atoms with E-state index >= 15 is 0 Å². The summed E-state index contributed by atoms with van der Waals surface area (Å²) in [5.41, 5.74) is 5.32. The maximum Gasteiger partial charge on any atom is 0.231 e. The van der Waals surface area contributed by atoms with Crippen LogP contribution in [0.5, 0.6) is 11.5 Å². The maximum absolute atomic E-state index is 13.6. The molecule has 0 radical (unpaired) electrons. The molecule has 1 aliphatic heterocycles. The molecule has 0 unspecified atom stereocenters. The Labute approximate surface area is 214 Å². The van der Waals surface area contributed by atoms with E-state index in [2.05, 4.69) is 4.98 Å². The van der Waals surface area contributed by atoms with E-state index in [1.54, 1.807) is 56.3 Å². The van der Waals surface area contributed by atoms with Crippen LogP contribution >= 0.6 is 0 Å². The first kappa shape index (κ1) is 24.9. The third kappa shape index (κ3) is 4.93. The number of hydrogen-bond donors (Lipinski definition) is 2. The molecule has 5 rings (SSSR count). The first-order chi connectivity index (χ1) is 17.6. The van der Waals surface area contributed by atoms with Gasteiger partial charge < -0.3 is 20.3 Å². The third-order valence-electron chi connectivity index (χ3n) is 7.13. The summed E-state index contributed by atoms with van der Waals surface area (Å²) in [6.07, 6.45) is 2.55. The molecule has 1 saturated carbocycles. The Bertz CT molecular complexity index is 1350. The Morgan fingerprint density at radius 1 is 1.19 bits per heavy atom. The van der Waals surface area contributed by atoms with Gasteiger partial charge in [-0.3, -0.25) is 9.59 Å². The normalized spacial score (nSPS) is 20.0. The molecule has 37 heavy (non-hydrogen) atoms. The first-order valence-corrected chi connectivity index (χ1v) is 12.3. The lowest BCUT2D eigenvalue weighted by molar-refractivity contribution is -0.123. The number of aromatic nitrogens is 1. The van der Waals surface area contributed by atoms with Gasteiger partial charge in [0.05, 0.1) is 11.8 Å². The Morgan fingerprint density at radius 2 is 1.86 bits per heavy atom. The summed E-state index contributed by atoms with van der Waals surface area (Å²) < 4.78 is 25.2. The first-order valence-electron chi connectivity index (χ1n) is 12.3. The van der Waals surface area contributed by atoms with Crippen LogP contribution in [0.1, 0.15) is 61.1 Å². The van der Waals surface area contributed by atoms with Crippen molar-refractivity contribution in [3.05, 3.63) is 77.2 Å². The van der Waals surface area contributed by atoms with Gasteiger partial charge in [-0.25, -0.2) is 9.37 Å². The second-order valence-corrected chi connectivity index (χ2v) is 10.3. The smallest absolute Gasteiger partial charge is 0.231 e. The van der Waals surface area contributed by atoms with Crippen LogP contribution in [0.4, 0.5) is 4.39 Å². The van der Waals surface area contributed by atoms with E-state index in [-0.39, 0.29) is 37.0 Å². The van der Waals surface area contributed by atoms with Crippen molar-refractivity contribution >= 4 is 11.7 Å². The second kappa shape index (κ2) is 9.27. The molecule has 2 aliphatic rings. The molecule has 1 amide bonds. The molecule has 0 saturated heterocycles. The minimum atomic E-state index is -1.50. The summed E-state index contributed by atoms with van der Waals surface area (Å²) in [7, 11) is 0. The monoisotopic (exact) mass is 504 g/mol. The molecule has 2 heterocycles. The number of fused-ring (bicyclic) bond motifs is 1. The lowest BCUT2D eigenvalue weighted by atomic mass is 9.81. The largest absolute Gasteiger partial charge is 0.490 e. The van der Waals surface area contributed by atoms with Crippen molar-refractivity contribution in [3.8, 4) is 22.8 Å². The Balaban J connectivity index is 1.42. The minimum Gasteiger partial charge on any atom is -0.490 e. The zero-order valence-electron chi connectivity index (χ0n) is 20.8. The molecule has 1 aromatic heterocycles. The number of nitrogens with zero attached hydrogens (tertiary/aromatic N) is 1. The fourth-order valence-electron chi connectivity index (χ4n) is 4.39. The van der Waals surface area contributed by atoms with Crippen molar-refractivity contribution < 1.29 is 28.6 Å². The summed E-state index contributed by atoms with van der Waals surface area (Å²) in [4.78, 5) is 29.9. The fraction of sp³-hybridized carbons (Fsp3) is 0.345. The lowest BCUT2D eigenvalue weighted by Crippen LogP contribution is -2.40. The number of ether oxygens (including phenoxy) is 2. The number of aliphatic hydroxyl groups is 1. The predicted octanol–water partition coefficient (Wildman–Crippen LogP) is 4.43. The molecule has 192 valence electrons. The van der Waals surface area contributed by atoms with Gasteiger partial charge in [0.2, 0.25) is 5.91 Å². The van der Waals surface area contributed by atoms with Crippen molar-refractivity contribution in [2.75, 3.05) is 6.61 Å². The molecule has 0 bridgehead atoms. The van der Waals surface area contributed by atoms with Crippen molar-refractivity contribution in [2.24, 2.45) is 5.73 Å². The van der Waals surface area contributed by atoms with Crippen LogP contribution in [0.15, 0.2) is 54.6 Å². The molecule has 3 N–H and O–H groups in total. The van der Waals surface area contributed by atoms with Gasteiger partial charge in [-0.15, -0.1) is 0 Å². The Kier molecular flexibility index (Phi) is 6.23. The number of hydrogen-bond acceptors (Lipinski definition) is 6. The van der Waals surface area contributed by atoms with Crippen molar-refractivity contribution in [1.29, 1.82) is 0 Å². The van der Waals surface area contributed by atoms with E-state index in [0.717, 1.165) is 18.6 Å². The zero-order chi connectivity index (χ0) is 26.4. The highest BCUT2D eigenvalue weighted by atomic mass is 19.1. The number of nitrogens with two attached hydrogens (primary N) is 1. The fourth-order valence-corrected chi connectivity index (χ4v) is 4.39. The number of Topliss-reactive ketones (excluding diaryl/α,β-unsaturated/α-hetero) is 1. The summed E-state index contributed by atoms with van der Waals surface area (Å²) >= 11 is 0. The van der Waals surface area contributed by atoms with Gasteiger partial charge in [-0.1, -0.05) is 0 Å². The number of rotatable bonds is 9. The summed E-state index contributed by atoms with van der Waals surface area (Å²) in [5, 5.41) is 11.4. The number of pyridine rings is 1. The molecule has 1 aliphatic carbocycles. The third-order valence-corrected chi connectivity index (χ3v) is 7.13. The highest BCUT2D eigenvalue weighted by Gasteiger charge is 2.45. The molecule has 2 atom stereocenters. The molecular weight excluding hydrogens is 475 g/mol. The van der Waals surface area contributed by atoms with Crippen molar-refractivity contribution in [2.45, 2.75) is 56.7 Å². The van der Waals surface area contributed by atoms with E-state index in [4.69, 9.17) is 15.2 Å². The molecule has 3 aromatic rings. The number of amides is 1. The van der Waals surface area contributed by atoms with Crippen LogP contribution in [0.2, 0.25) is 0 Å². The van der Waals surface area contributed by atoms with E-state index in [1.165, 1.54) is 12.1 Å². The molecule has 1 fully saturated rings. The van der Waals surface area contributed by atoms with Gasteiger partial charge in [0.15, 0.2) is 5.78 Å². The van der Waals surface area contributed by atoms with E-state index in [0.29, 0.717) is 28.1 Å². The molecular formula is C29H29FN2O5. The van der Waals surface area contributed by atoms with Crippen molar-refractivity contribution in [3.63, 3.8) is 0 Å². The Morgan fingerprint density at radius 3 is 2.49 bits per heavy atom. The summed E-state index contributed by atoms with van der Waals surface area (Å²) in [6, 6.07) is 14.4. The standard InChI is InChI=1S/C29H29FN2O5/c1-28(27(31)34)16-36-26-22(28)15-24(32-25(26)18-3-7-19(30)8-4-18)29(2,35)14-13-23(33)17-5-9-20(10-6-17)37-21-11-12-21/h3-10,15,21,35H,11-14,16H2,1-2H3,(H2,31,34)/t28-,29-/m0/s1. The summed E-state index contributed by atoms with van der Waals surface area (Å²) in [6.45, 7) is 3.28. The van der Waals surface area contributed by atoms with Crippen LogP contribution in [-0.4, -0.2) is 34.5 Å². The molecule has 8 heteroatoms. The molecule has 7 nitrogen and oxygen atoms in total. The van der Waals surface area contributed by atoms with Gasteiger partial charge in [-0.05, 0) is 87.7 Å². The highest BCUT2D eigenvalue weighted by Crippen LogP contribution is 2.46. The number of halogens is 1. The SMILES string of the molecule is C[C@](O)(CCC(=O)c1ccc(OC2CC2)cc1)c1cc2c(c(-c3ccc(F)cc3)n1)OC[C@]2(C)C(N)=O. The van der Waals surface area contributed by atoms with Gasteiger partial charge >= 0.3 is 0 Å². The molecule has 0 spiro atoms. The van der Waals surface area contributed by atoms with Gasteiger partial charge in [-0.2, -0.15) is 0 Å². The topological polar surface area (TPSA) is 112 Å². The van der Waals surface area contributed by atoms with E-state index in [9.17, 15) is 19.1 Å². The highest BCUT2D eigenvalue weighted by molar-refractivity contribution is 5.96. The lowest BCUT2D eigenvalue weighted by Gasteiger charge is -2.26. The van der Waals surface area contributed by atoms with Gasteiger partial charge in [0.25, 0.3) is 0 Å². The van der Waals surface area contributed by atoms with Crippen LogP contribution in [0.3, 0.4) is 0 Å². The number of ketones is 1. The van der Waals surface area contributed by atoms with Crippen LogP contribution in [0, 0.1) is 5.82 Å². The molecule has 2 aromatic carbocycles.